The summed E-state index contributed by atoms with van der Waals surface area (Å²) in [6, 6.07) is 6.71. The first-order chi connectivity index (χ1) is 9.11. The van der Waals surface area contributed by atoms with Gasteiger partial charge in [-0.15, -0.1) is 0 Å². The van der Waals surface area contributed by atoms with Crippen molar-refractivity contribution in [2.45, 2.75) is 6.54 Å². The Bertz CT molecular complexity index is 639. The van der Waals surface area contributed by atoms with E-state index in [0.29, 0.717) is 17.9 Å². The number of hydrogen-bond donors (Lipinski definition) is 0. The van der Waals surface area contributed by atoms with E-state index >= 15 is 0 Å². The van der Waals surface area contributed by atoms with Gasteiger partial charge in [-0.2, -0.15) is 5.26 Å². The minimum absolute atomic E-state index is 0.223. The molecule has 0 N–H and O–H groups in total. The summed E-state index contributed by atoms with van der Waals surface area (Å²) in [5, 5.41) is 8.97. The van der Waals surface area contributed by atoms with Crippen LogP contribution in [0.5, 0.6) is 0 Å². The predicted molar refractivity (Wildman–Crippen MR) is 73.0 cm³/mol. The Balaban J connectivity index is 2.28. The molecule has 0 aliphatic rings. The van der Waals surface area contributed by atoms with Gasteiger partial charge in [-0.25, -0.2) is 14.4 Å². The highest BCUT2D eigenvalue weighted by molar-refractivity contribution is 9.10. The smallest absolute Gasteiger partial charge is 0.183 e. The molecular weight excluding hydrogens is 311 g/mol. The van der Waals surface area contributed by atoms with Crippen molar-refractivity contribution in [3.05, 3.63) is 52.1 Å². The third-order valence-electron chi connectivity index (χ3n) is 2.56. The molecule has 0 aliphatic heterocycles. The van der Waals surface area contributed by atoms with Crippen LogP contribution < -0.4 is 4.90 Å². The fourth-order valence-electron chi connectivity index (χ4n) is 1.68. The monoisotopic (exact) mass is 320 g/mol. The molecule has 0 radical (unpaired) electrons. The first-order valence-corrected chi connectivity index (χ1v) is 6.27. The summed E-state index contributed by atoms with van der Waals surface area (Å²) in [6.07, 6.45) is 2.96. The Kier molecular flexibility index (Phi) is 4.07. The predicted octanol–water partition coefficient (Wildman–Crippen LogP) is 2.89. The number of nitriles is 1. The zero-order valence-corrected chi connectivity index (χ0v) is 11.7. The lowest BCUT2D eigenvalue weighted by Crippen LogP contribution is -2.20. The molecule has 19 heavy (non-hydrogen) atoms. The fourth-order valence-corrected chi connectivity index (χ4v) is 2.09. The molecule has 0 bridgehead atoms. The Hall–Kier alpha value is -2.00. The Morgan fingerprint density at radius 1 is 1.37 bits per heavy atom. The molecule has 0 fully saturated rings. The molecule has 0 unspecified atom stereocenters. The first kappa shape index (κ1) is 13.4. The molecule has 4 nitrogen and oxygen atoms in total. The number of benzene rings is 1. The van der Waals surface area contributed by atoms with Crippen LogP contribution >= 0.6 is 15.9 Å². The Labute approximate surface area is 118 Å². The molecule has 2 aromatic rings. The molecule has 0 spiro atoms. The highest BCUT2D eigenvalue weighted by Crippen LogP contribution is 2.20. The second-order valence-corrected chi connectivity index (χ2v) is 4.85. The molecule has 0 aliphatic carbocycles. The van der Waals surface area contributed by atoms with Gasteiger partial charge in [0.05, 0.1) is 0 Å². The quantitative estimate of drug-likeness (QED) is 0.872. The maximum Gasteiger partial charge on any atom is 0.183 e. The summed E-state index contributed by atoms with van der Waals surface area (Å²) < 4.78 is 14.5. The van der Waals surface area contributed by atoms with Gasteiger partial charge >= 0.3 is 0 Å². The first-order valence-electron chi connectivity index (χ1n) is 5.48. The molecule has 2 rings (SSSR count). The zero-order chi connectivity index (χ0) is 13.8. The second-order valence-electron chi connectivity index (χ2n) is 3.93. The Morgan fingerprint density at radius 2 is 2.11 bits per heavy atom. The molecule has 0 amide bonds. The van der Waals surface area contributed by atoms with Gasteiger partial charge in [0.1, 0.15) is 11.9 Å². The molecule has 1 aromatic heterocycles. The van der Waals surface area contributed by atoms with Gasteiger partial charge in [0.15, 0.2) is 11.5 Å². The summed E-state index contributed by atoms with van der Waals surface area (Å²) in [6.45, 7) is 0.304. The average Bonchev–Trinajstić information content (AvgIpc) is 2.42. The van der Waals surface area contributed by atoms with Gasteiger partial charge in [0, 0.05) is 36.0 Å². The van der Waals surface area contributed by atoms with E-state index in [1.165, 1.54) is 18.5 Å². The number of anilines is 1. The highest BCUT2D eigenvalue weighted by atomic mass is 79.9. The molecule has 0 saturated carbocycles. The maximum atomic E-state index is 13.7. The van der Waals surface area contributed by atoms with E-state index in [0.717, 1.165) is 4.47 Å². The molecule has 96 valence electrons. The minimum atomic E-state index is -0.294. The van der Waals surface area contributed by atoms with Crippen LogP contribution in [-0.4, -0.2) is 17.0 Å². The maximum absolute atomic E-state index is 13.7. The van der Waals surface area contributed by atoms with Gasteiger partial charge < -0.3 is 4.90 Å². The van der Waals surface area contributed by atoms with Crippen LogP contribution in [0.4, 0.5) is 10.2 Å². The van der Waals surface area contributed by atoms with Crippen molar-refractivity contribution in [1.82, 2.24) is 9.97 Å². The lowest BCUT2D eigenvalue weighted by atomic mass is 10.2. The number of nitrogens with zero attached hydrogens (tertiary/aromatic N) is 4. The lowest BCUT2D eigenvalue weighted by molar-refractivity contribution is 0.607. The van der Waals surface area contributed by atoms with Crippen LogP contribution in [0.25, 0.3) is 0 Å². The summed E-state index contributed by atoms with van der Waals surface area (Å²) >= 11 is 3.31. The molecule has 6 heteroatoms. The number of aromatic nitrogens is 2. The van der Waals surface area contributed by atoms with E-state index in [1.54, 1.807) is 24.1 Å². The summed E-state index contributed by atoms with van der Waals surface area (Å²) in [5.41, 5.74) is 0.742. The van der Waals surface area contributed by atoms with Crippen LogP contribution in [0.3, 0.4) is 0 Å². The van der Waals surface area contributed by atoms with Crippen molar-refractivity contribution in [3.8, 4) is 6.07 Å². The van der Waals surface area contributed by atoms with Crippen molar-refractivity contribution in [2.75, 3.05) is 11.9 Å². The van der Waals surface area contributed by atoms with E-state index < -0.39 is 0 Å². The van der Waals surface area contributed by atoms with Crippen LogP contribution in [0.1, 0.15) is 11.3 Å². The van der Waals surface area contributed by atoms with E-state index in [1.807, 2.05) is 6.07 Å². The van der Waals surface area contributed by atoms with E-state index in [4.69, 9.17) is 5.26 Å². The van der Waals surface area contributed by atoms with Crippen molar-refractivity contribution in [1.29, 1.82) is 5.26 Å². The number of hydrogen-bond acceptors (Lipinski definition) is 4. The third kappa shape index (κ3) is 3.06. The SMILES string of the molecule is CN(Cc1cc(Br)ccc1F)c1nccnc1C#N. The van der Waals surface area contributed by atoms with Crippen molar-refractivity contribution < 1.29 is 4.39 Å². The highest BCUT2D eigenvalue weighted by Gasteiger charge is 2.12. The van der Waals surface area contributed by atoms with Gasteiger partial charge in [0.25, 0.3) is 0 Å². The molecular formula is C13H10BrFN4. The fraction of sp³-hybridized carbons (Fsp3) is 0.154. The van der Waals surface area contributed by atoms with Crippen molar-refractivity contribution in [3.63, 3.8) is 0 Å². The number of rotatable bonds is 3. The van der Waals surface area contributed by atoms with Crippen molar-refractivity contribution in [2.24, 2.45) is 0 Å². The van der Waals surface area contributed by atoms with E-state index in [2.05, 4.69) is 25.9 Å². The topological polar surface area (TPSA) is 52.8 Å². The summed E-state index contributed by atoms with van der Waals surface area (Å²) in [5.74, 6) is 0.141. The zero-order valence-electron chi connectivity index (χ0n) is 10.1. The van der Waals surface area contributed by atoms with Gasteiger partial charge in [-0.1, -0.05) is 15.9 Å². The second kappa shape index (κ2) is 5.76. The standard InChI is InChI=1S/C13H10BrFN4/c1-19(13-12(7-16)17-4-5-18-13)8-9-6-10(14)2-3-11(9)15/h2-6H,8H2,1H3. The van der Waals surface area contributed by atoms with E-state index in [-0.39, 0.29) is 11.5 Å². The van der Waals surface area contributed by atoms with Gasteiger partial charge in [0.2, 0.25) is 0 Å². The minimum Gasteiger partial charge on any atom is -0.353 e. The third-order valence-corrected chi connectivity index (χ3v) is 3.05. The van der Waals surface area contributed by atoms with E-state index in [9.17, 15) is 4.39 Å². The Morgan fingerprint density at radius 3 is 2.84 bits per heavy atom. The van der Waals surface area contributed by atoms with Crippen LogP contribution in [0.15, 0.2) is 35.1 Å². The van der Waals surface area contributed by atoms with Crippen molar-refractivity contribution >= 4 is 21.7 Å². The molecule has 0 atom stereocenters. The van der Waals surface area contributed by atoms with Crippen LogP contribution in [0.2, 0.25) is 0 Å². The largest absolute Gasteiger partial charge is 0.353 e. The summed E-state index contributed by atoms with van der Waals surface area (Å²) in [7, 11) is 1.74. The van der Waals surface area contributed by atoms with Gasteiger partial charge in [-0.3, -0.25) is 0 Å². The normalized spacial score (nSPS) is 10.0. The lowest BCUT2D eigenvalue weighted by Gasteiger charge is -2.19. The average molecular weight is 321 g/mol. The van der Waals surface area contributed by atoms with Crippen LogP contribution in [-0.2, 0) is 6.54 Å². The number of halogens is 2. The van der Waals surface area contributed by atoms with Crippen LogP contribution in [0, 0.1) is 17.1 Å². The van der Waals surface area contributed by atoms with Gasteiger partial charge in [-0.05, 0) is 18.2 Å². The molecule has 0 saturated heterocycles. The molecule has 1 heterocycles. The molecule has 1 aromatic carbocycles. The summed E-state index contributed by atoms with van der Waals surface area (Å²) in [4.78, 5) is 9.73.